The van der Waals surface area contributed by atoms with Gasteiger partial charge in [-0.2, -0.15) is 8.78 Å². The first-order valence-electron chi connectivity index (χ1n) is 10.5. The molecule has 3 amide bonds. The lowest BCUT2D eigenvalue weighted by Crippen LogP contribution is -2.54. The monoisotopic (exact) mass is 460 g/mol. The zero-order chi connectivity index (χ0) is 24.0. The van der Waals surface area contributed by atoms with Crippen LogP contribution in [0, 0.1) is 0 Å². The van der Waals surface area contributed by atoms with E-state index < -0.39 is 18.4 Å². The third-order valence-corrected chi connectivity index (χ3v) is 4.98. The first-order valence-corrected chi connectivity index (χ1v) is 10.5. The SMILES string of the molecule is CC(C)NC(=O)C(=O)N1CCN(C(=O)c2ccccc2Nc2ccc(OC(F)F)cc2)CC1. The summed E-state index contributed by atoms with van der Waals surface area (Å²) in [5, 5.41) is 5.70. The third-order valence-electron chi connectivity index (χ3n) is 4.98. The summed E-state index contributed by atoms with van der Waals surface area (Å²) in [6, 6.07) is 12.8. The molecule has 0 radical (unpaired) electrons. The Labute approximate surface area is 190 Å². The van der Waals surface area contributed by atoms with Crippen LogP contribution >= 0.6 is 0 Å². The van der Waals surface area contributed by atoms with Crippen LogP contribution in [0.2, 0.25) is 0 Å². The van der Waals surface area contributed by atoms with E-state index in [2.05, 4.69) is 15.4 Å². The Hall–Kier alpha value is -3.69. The number of hydrogen-bond donors (Lipinski definition) is 2. The number of ether oxygens (including phenoxy) is 1. The van der Waals surface area contributed by atoms with Gasteiger partial charge >= 0.3 is 18.4 Å². The Balaban J connectivity index is 1.63. The van der Waals surface area contributed by atoms with Gasteiger partial charge < -0.3 is 25.2 Å². The maximum Gasteiger partial charge on any atom is 0.387 e. The van der Waals surface area contributed by atoms with Crippen LogP contribution in [0.3, 0.4) is 0 Å². The van der Waals surface area contributed by atoms with E-state index in [1.807, 2.05) is 0 Å². The number of piperazine rings is 1. The summed E-state index contributed by atoms with van der Waals surface area (Å²) in [6.45, 7) is 1.77. The number of nitrogens with one attached hydrogen (secondary N) is 2. The van der Waals surface area contributed by atoms with Gasteiger partial charge in [-0.05, 0) is 50.2 Å². The van der Waals surface area contributed by atoms with Crippen LogP contribution in [0.4, 0.5) is 20.2 Å². The molecule has 0 unspecified atom stereocenters. The summed E-state index contributed by atoms with van der Waals surface area (Å²) >= 11 is 0. The van der Waals surface area contributed by atoms with Crippen LogP contribution in [-0.4, -0.2) is 66.4 Å². The highest BCUT2D eigenvalue weighted by Gasteiger charge is 2.29. The van der Waals surface area contributed by atoms with Crippen molar-refractivity contribution in [1.82, 2.24) is 15.1 Å². The fraction of sp³-hybridized carbons (Fsp3) is 0.348. The number of anilines is 2. The predicted molar refractivity (Wildman–Crippen MR) is 119 cm³/mol. The molecule has 0 saturated carbocycles. The summed E-state index contributed by atoms with van der Waals surface area (Å²) in [5.41, 5.74) is 1.59. The molecule has 0 spiro atoms. The van der Waals surface area contributed by atoms with Gasteiger partial charge in [0.1, 0.15) is 5.75 Å². The van der Waals surface area contributed by atoms with Crippen molar-refractivity contribution in [3.05, 3.63) is 54.1 Å². The van der Waals surface area contributed by atoms with Crippen LogP contribution in [0.1, 0.15) is 24.2 Å². The number of amides is 3. The van der Waals surface area contributed by atoms with E-state index in [1.165, 1.54) is 17.0 Å². The van der Waals surface area contributed by atoms with Gasteiger partial charge in [-0.25, -0.2) is 0 Å². The minimum atomic E-state index is -2.90. The van der Waals surface area contributed by atoms with Crippen molar-refractivity contribution in [2.75, 3.05) is 31.5 Å². The maximum absolute atomic E-state index is 13.1. The first-order chi connectivity index (χ1) is 15.7. The van der Waals surface area contributed by atoms with Crippen molar-refractivity contribution in [3.63, 3.8) is 0 Å². The van der Waals surface area contributed by atoms with Gasteiger partial charge in [0.2, 0.25) is 0 Å². The molecule has 1 aliphatic heterocycles. The molecular weight excluding hydrogens is 434 g/mol. The van der Waals surface area contributed by atoms with E-state index >= 15 is 0 Å². The molecule has 0 atom stereocenters. The lowest BCUT2D eigenvalue weighted by atomic mass is 10.1. The second kappa shape index (κ2) is 10.8. The topological polar surface area (TPSA) is 91.0 Å². The lowest BCUT2D eigenvalue weighted by molar-refractivity contribution is -0.147. The predicted octanol–water partition coefficient (Wildman–Crippen LogP) is 2.84. The van der Waals surface area contributed by atoms with Crippen LogP contribution in [0.15, 0.2) is 48.5 Å². The minimum absolute atomic E-state index is 0.0365. The normalized spacial score (nSPS) is 13.8. The number of para-hydroxylation sites is 1. The molecule has 10 heteroatoms. The molecule has 1 saturated heterocycles. The van der Waals surface area contributed by atoms with E-state index in [-0.39, 0.29) is 30.8 Å². The second-order valence-corrected chi connectivity index (χ2v) is 7.79. The molecule has 1 fully saturated rings. The van der Waals surface area contributed by atoms with E-state index in [9.17, 15) is 23.2 Å². The summed E-state index contributed by atoms with van der Waals surface area (Å²) in [7, 11) is 0. The number of hydrogen-bond acceptors (Lipinski definition) is 5. The Morgan fingerprint density at radius 1 is 0.909 bits per heavy atom. The molecule has 0 aliphatic carbocycles. The number of benzene rings is 2. The highest BCUT2D eigenvalue weighted by atomic mass is 19.3. The molecule has 33 heavy (non-hydrogen) atoms. The van der Waals surface area contributed by atoms with Crippen molar-refractivity contribution in [1.29, 1.82) is 0 Å². The van der Waals surface area contributed by atoms with Gasteiger partial charge in [0.25, 0.3) is 5.91 Å². The molecule has 1 aliphatic rings. The van der Waals surface area contributed by atoms with Gasteiger partial charge in [-0.1, -0.05) is 12.1 Å². The fourth-order valence-electron chi connectivity index (χ4n) is 3.40. The molecule has 8 nitrogen and oxygen atoms in total. The lowest BCUT2D eigenvalue weighted by Gasteiger charge is -2.34. The van der Waals surface area contributed by atoms with Crippen LogP contribution < -0.4 is 15.4 Å². The Morgan fingerprint density at radius 3 is 2.12 bits per heavy atom. The van der Waals surface area contributed by atoms with Crippen molar-refractivity contribution < 1.29 is 27.9 Å². The first kappa shape index (κ1) is 24.0. The standard InChI is InChI=1S/C23H26F2N4O4/c1-15(2)26-20(30)22(32)29-13-11-28(12-14-29)21(31)18-5-3-4-6-19(18)27-16-7-9-17(10-8-16)33-23(24)25/h3-10,15,23,27H,11-14H2,1-2H3,(H,26,30). The van der Waals surface area contributed by atoms with Gasteiger partial charge in [0.15, 0.2) is 0 Å². The number of halogens is 2. The molecular formula is C23H26F2N4O4. The number of rotatable bonds is 6. The van der Waals surface area contributed by atoms with E-state index in [0.29, 0.717) is 30.0 Å². The Morgan fingerprint density at radius 2 is 1.52 bits per heavy atom. The van der Waals surface area contributed by atoms with Gasteiger partial charge in [-0.15, -0.1) is 0 Å². The molecule has 2 aromatic rings. The summed E-state index contributed by atoms with van der Waals surface area (Å²) in [6.07, 6.45) is 0. The molecule has 3 rings (SSSR count). The molecule has 0 bridgehead atoms. The van der Waals surface area contributed by atoms with Gasteiger partial charge in [0.05, 0.1) is 11.3 Å². The molecule has 1 heterocycles. The van der Waals surface area contributed by atoms with E-state index in [1.54, 1.807) is 55.1 Å². The molecule has 0 aromatic heterocycles. The van der Waals surface area contributed by atoms with Gasteiger partial charge in [0, 0.05) is 37.9 Å². The second-order valence-electron chi connectivity index (χ2n) is 7.79. The van der Waals surface area contributed by atoms with Crippen molar-refractivity contribution in [2.24, 2.45) is 0 Å². The zero-order valence-corrected chi connectivity index (χ0v) is 18.4. The maximum atomic E-state index is 13.1. The van der Waals surface area contributed by atoms with Crippen molar-refractivity contribution in [3.8, 4) is 5.75 Å². The smallest absolute Gasteiger partial charge is 0.387 e. The highest BCUT2D eigenvalue weighted by molar-refractivity contribution is 6.35. The zero-order valence-electron chi connectivity index (χ0n) is 18.4. The third kappa shape index (κ3) is 6.41. The van der Waals surface area contributed by atoms with Gasteiger partial charge in [-0.3, -0.25) is 14.4 Å². The Bertz CT molecular complexity index is 990. The van der Waals surface area contributed by atoms with Crippen molar-refractivity contribution in [2.45, 2.75) is 26.5 Å². The summed E-state index contributed by atoms with van der Waals surface area (Å²) < 4.78 is 29.0. The summed E-state index contributed by atoms with van der Waals surface area (Å²) in [5.74, 6) is -1.43. The molecule has 2 aromatic carbocycles. The summed E-state index contributed by atoms with van der Waals surface area (Å²) in [4.78, 5) is 40.4. The van der Waals surface area contributed by atoms with Crippen LogP contribution in [0.5, 0.6) is 5.75 Å². The minimum Gasteiger partial charge on any atom is -0.435 e. The average Bonchev–Trinajstić information content (AvgIpc) is 2.79. The number of alkyl halides is 2. The number of carbonyl (C=O) groups is 3. The number of nitrogens with zero attached hydrogens (tertiary/aromatic N) is 2. The average molecular weight is 460 g/mol. The van der Waals surface area contributed by atoms with Crippen LogP contribution in [0.25, 0.3) is 0 Å². The highest BCUT2D eigenvalue weighted by Crippen LogP contribution is 2.25. The van der Waals surface area contributed by atoms with E-state index in [4.69, 9.17) is 0 Å². The largest absolute Gasteiger partial charge is 0.435 e. The molecule has 176 valence electrons. The fourth-order valence-corrected chi connectivity index (χ4v) is 3.40. The van der Waals surface area contributed by atoms with Crippen LogP contribution in [-0.2, 0) is 9.59 Å². The number of carbonyl (C=O) groups excluding carboxylic acids is 3. The quantitative estimate of drug-likeness (QED) is 0.647. The molecule has 2 N–H and O–H groups in total. The van der Waals surface area contributed by atoms with Crippen molar-refractivity contribution >= 4 is 29.1 Å². The van der Waals surface area contributed by atoms with E-state index in [0.717, 1.165) is 0 Å². The Kier molecular flexibility index (Phi) is 7.81.